The number of aliphatic hydroxyl groups is 5. The predicted octanol–water partition coefficient (Wildman–Crippen LogP) is 13.4. The fraction of sp³-hybridized carbons (Fsp3) is 0.683. The van der Waals surface area contributed by atoms with Crippen LogP contribution in [0.4, 0.5) is 0 Å². The highest BCUT2D eigenvalue weighted by Gasteiger charge is 2.44. The molecule has 9 heteroatoms. The van der Waals surface area contributed by atoms with Crippen molar-refractivity contribution in [2.24, 2.45) is 0 Å². The first-order valence-corrected chi connectivity index (χ1v) is 27.6. The Labute approximate surface area is 421 Å². The van der Waals surface area contributed by atoms with Crippen LogP contribution in [0.25, 0.3) is 0 Å². The van der Waals surface area contributed by atoms with Gasteiger partial charge in [0.05, 0.1) is 25.4 Å². The SMILES string of the molecule is CC/C=C\C/C=C\C/C=C\C/C=C\C/C=C\C/C=C\C/C=C\C/C=C\C/C=C\CCCCCCCCCCCCCC(=O)NC(COC1OC(CO)C(O)C(O)C1O)C(O)CCCCCCCCC. The summed E-state index contributed by atoms with van der Waals surface area (Å²) in [6, 6.07) is -0.724. The molecule has 9 nitrogen and oxygen atoms in total. The fourth-order valence-electron chi connectivity index (χ4n) is 8.03. The quantitative estimate of drug-likeness (QED) is 0.0261. The van der Waals surface area contributed by atoms with Crippen LogP contribution in [-0.2, 0) is 14.3 Å². The normalized spacial score (nSPS) is 20.4. The second-order valence-corrected chi connectivity index (χ2v) is 18.6. The molecular weight excluding hydrogens is 863 g/mol. The van der Waals surface area contributed by atoms with Crippen LogP contribution in [0, 0.1) is 0 Å². The van der Waals surface area contributed by atoms with Crippen molar-refractivity contribution in [3.05, 3.63) is 109 Å². The summed E-state index contributed by atoms with van der Waals surface area (Å²) in [4.78, 5) is 13.0. The summed E-state index contributed by atoms with van der Waals surface area (Å²) in [5.74, 6) is -0.157. The van der Waals surface area contributed by atoms with E-state index in [-0.39, 0.29) is 12.5 Å². The van der Waals surface area contributed by atoms with Gasteiger partial charge in [-0.25, -0.2) is 0 Å². The van der Waals surface area contributed by atoms with Crippen molar-refractivity contribution in [3.8, 4) is 0 Å². The van der Waals surface area contributed by atoms with Crippen LogP contribution in [0.2, 0.25) is 0 Å². The zero-order valence-electron chi connectivity index (χ0n) is 43.5. The molecule has 0 bridgehead atoms. The number of unbranched alkanes of at least 4 members (excludes halogenated alkanes) is 17. The molecule has 0 aromatic heterocycles. The Hall–Kier alpha value is -3.15. The first kappa shape index (κ1) is 63.9. The molecule has 1 amide bonds. The molecule has 0 aromatic carbocycles. The Balaban J connectivity index is 2.07. The lowest BCUT2D eigenvalue weighted by molar-refractivity contribution is -0.302. The Morgan fingerprint density at radius 1 is 0.507 bits per heavy atom. The summed E-state index contributed by atoms with van der Waals surface area (Å²) in [5, 5.41) is 54.2. The molecule has 69 heavy (non-hydrogen) atoms. The molecule has 1 fully saturated rings. The van der Waals surface area contributed by atoms with Gasteiger partial charge in [-0.3, -0.25) is 4.79 Å². The van der Waals surface area contributed by atoms with Gasteiger partial charge in [0.1, 0.15) is 24.4 Å². The summed E-state index contributed by atoms with van der Waals surface area (Å²) in [5.41, 5.74) is 0. The number of ether oxygens (including phenoxy) is 2. The Morgan fingerprint density at radius 2 is 0.899 bits per heavy atom. The number of nitrogens with one attached hydrogen (secondary N) is 1. The lowest BCUT2D eigenvalue weighted by Crippen LogP contribution is -2.60. The van der Waals surface area contributed by atoms with Crippen LogP contribution in [0.1, 0.15) is 206 Å². The molecule has 1 heterocycles. The van der Waals surface area contributed by atoms with E-state index in [1.165, 1.54) is 77.0 Å². The van der Waals surface area contributed by atoms with Crippen molar-refractivity contribution in [1.82, 2.24) is 5.32 Å². The molecule has 0 aliphatic carbocycles. The van der Waals surface area contributed by atoms with Gasteiger partial charge in [-0.1, -0.05) is 226 Å². The van der Waals surface area contributed by atoms with Crippen LogP contribution >= 0.6 is 0 Å². The summed E-state index contributed by atoms with van der Waals surface area (Å²) in [7, 11) is 0. The van der Waals surface area contributed by atoms with Gasteiger partial charge < -0.3 is 40.3 Å². The topological polar surface area (TPSA) is 149 Å². The van der Waals surface area contributed by atoms with Crippen LogP contribution in [0.3, 0.4) is 0 Å². The van der Waals surface area contributed by atoms with E-state index in [1.807, 2.05) is 0 Å². The van der Waals surface area contributed by atoms with Gasteiger partial charge in [0.15, 0.2) is 6.29 Å². The maximum Gasteiger partial charge on any atom is 0.220 e. The molecule has 0 saturated carbocycles. The van der Waals surface area contributed by atoms with E-state index in [0.717, 1.165) is 103 Å². The monoisotopic (exact) mass is 964 g/mol. The minimum atomic E-state index is -1.56. The highest BCUT2D eigenvalue weighted by atomic mass is 16.7. The maximum atomic E-state index is 13.0. The third-order valence-corrected chi connectivity index (χ3v) is 12.4. The molecule has 1 aliphatic heterocycles. The zero-order chi connectivity index (χ0) is 50.1. The maximum absolute atomic E-state index is 13.0. The molecule has 0 radical (unpaired) electrons. The molecule has 1 aliphatic rings. The van der Waals surface area contributed by atoms with Crippen molar-refractivity contribution in [3.63, 3.8) is 0 Å². The number of hydrogen-bond donors (Lipinski definition) is 6. The van der Waals surface area contributed by atoms with Gasteiger partial charge in [0, 0.05) is 6.42 Å². The van der Waals surface area contributed by atoms with Crippen LogP contribution in [0.15, 0.2) is 109 Å². The van der Waals surface area contributed by atoms with Gasteiger partial charge in [-0.15, -0.1) is 0 Å². The van der Waals surface area contributed by atoms with Gasteiger partial charge in [0.2, 0.25) is 5.91 Å². The van der Waals surface area contributed by atoms with E-state index in [0.29, 0.717) is 12.8 Å². The summed E-state index contributed by atoms with van der Waals surface area (Å²) >= 11 is 0. The average molecular weight is 964 g/mol. The Morgan fingerprint density at radius 3 is 1.33 bits per heavy atom. The van der Waals surface area contributed by atoms with Gasteiger partial charge >= 0.3 is 0 Å². The van der Waals surface area contributed by atoms with Crippen molar-refractivity contribution in [2.75, 3.05) is 13.2 Å². The van der Waals surface area contributed by atoms with Gasteiger partial charge in [0.25, 0.3) is 0 Å². The van der Waals surface area contributed by atoms with Crippen molar-refractivity contribution < 1.29 is 39.8 Å². The minimum absolute atomic E-state index is 0.145. The molecular formula is C60H101NO8. The number of amides is 1. The fourth-order valence-corrected chi connectivity index (χ4v) is 8.03. The third kappa shape index (κ3) is 38.2. The van der Waals surface area contributed by atoms with E-state index in [2.05, 4.69) is 129 Å². The number of rotatable bonds is 45. The standard InChI is InChI=1S/C60H101NO8/c1-3-5-7-9-11-12-13-14-15-16-17-18-19-20-21-22-23-24-25-26-27-28-29-30-31-32-33-34-35-36-37-38-39-40-41-42-44-46-48-50-56(64)61-53(54(63)49-47-45-43-10-8-6-4-2)52-68-60-59(67)58(66)57(65)55(51-62)69-60/h5,7,11-12,14-15,17-18,20-21,23-24,26-27,29-30,32-33,53-55,57-60,62-63,65-67H,3-4,6,8-10,13,16,19,22,25,28,31,34-52H2,1-2H3,(H,61,64)/b7-5-,12-11-,15-14-,18-17-,21-20-,24-23-,27-26-,30-29-,33-32-. The Bertz CT molecular complexity index is 1440. The Kier molecular flexibility index (Phi) is 44.9. The number of carbonyl (C=O) groups is 1. The molecule has 1 saturated heterocycles. The smallest absolute Gasteiger partial charge is 0.220 e. The molecule has 7 atom stereocenters. The van der Waals surface area contributed by atoms with Crippen LogP contribution in [0.5, 0.6) is 0 Å². The van der Waals surface area contributed by atoms with E-state index in [4.69, 9.17) is 9.47 Å². The molecule has 394 valence electrons. The van der Waals surface area contributed by atoms with Crippen LogP contribution < -0.4 is 5.32 Å². The van der Waals surface area contributed by atoms with Crippen molar-refractivity contribution >= 4 is 5.91 Å². The molecule has 0 spiro atoms. The van der Waals surface area contributed by atoms with E-state index in [1.54, 1.807) is 0 Å². The lowest BCUT2D eigenvalue weighted by Gasteiger charge is -2.40. The summed E-state index contributed by atoms with van der Waals surface area (Å²) in [6.45, 7) is 3.65. The first-order chi connectivity index (χ1) is 33.8. The average Bonchev–Trinajstić information content (AvgIpc) is 3.35. The van der Waals surface area contributed by atoms with E-state index >= 15 is 0 Å². The molecule has 6 N–H and O–H groups in total. The van der Waals surface area contributed by atoms with Crippen LogP contribution in [-0.4, -0.2) is 87.5 Å². The summed E-state index contributed by atoms with van der Waals surface area (Å²) < 4.78 is 11.2. The number of aliphatic hydroxyl groups excluding tert-OH is 5. The highest BCUT2D eigenvalue weighted by Crippen LogP contribution is 2.23. The minimum Gasteiger partial charge on any atom is -0.394 e. The summed E-state index contributed by atoms with van der Waals surface area (Å²) in [6.07, 6.45) is 64.4. The van der Waals surface area contributed by atoms with Gasteiger partial charge in [-0.05, 0) is 83.5 Å². The lowest BCUT2D eigenvalue weighted by atomic mass is 9.99. The third-order valence-electron chi connectivity index (χ3n) is 12.4. The number of allylic oxidation sites excluding steroid dienone is 18. The van der Waals surface area contributed by atoms with Crippen molar-refractivity contribution in [2.45, 2.75) is 249 Å². The highest BCUT2D eigenvalue weighted by molar-refractivity contribution is 5.76. The number of hydrogen-bond acceptors (Lipinski definition) is 8. The first-order valence-electron chi connectivity index (χ1n) is 27.6. The molecule has 0 aromatic rings. The second kappa shape index (κ2) is 48.5. The van der Waals surface area contributed by atoms with Gasteiger partial charge in [-0.2, -0.15) is 0 Å². The second-order valence-electron chi connectivity index (χ2n) is 18.6. The molecule has 7 unspecified atom stereocenters. The van der Waals surface area contributed by atoms with E-state index in [9.17, 15) is 30.3 Å². The predicted molar refractivity (Wildman–Crippen MR) is 290 cm³/mol. The largest absolute Gasteiger partial charge is 0.394 e. The molecule has 1 rings (SSSR count). The number of carbonyl (C=O) groups excluding carboxylic acids is 1. The van der Waals surface area contributed by atoms with E-state index < -0.39 is 49.5 Å². The zero-order valence-corrected chi connectivity index (χ0v) is 43.5. The van der Waals surface area contributed by atoms with Crippen molar-refractivity contribution in [1.29, 1.82) is 0 Å².